The lowest BCUT2D eigenvalue weighted by Crippen LogP contribution is -2.61. The minimum Gasteiger partial charge on any atom is -0.394 e. The van der Waals surface area contributed by atoms with Crippen molar-refractivity contribution in [2.75, 3.05) is 19.9 Å². The van der Waals surface area contributed by atoms with Crippen LogP contribution in [0, 0.1) is 0 Å². The van der Waals surface area contributed by atoms with Crippen LogP contribution >= 0.6 is 7.60 Å². The molecule has 9 nitrogen and oxygen atoms in total. The summed E-state index contributed by atoms with van der Waals surface area (Å²) in [5.74, 6) is -0.498. The number of hydrogen-bond donors (Lipinski definition) is 5. The van der Waals surface area contributed by atoms with Gasteiger partial charge in [-0.05, 0) is 0 Å². The van der Waals surface area contributed by atoms with Gasteiger partial charge in [-0.25, -0.2) is 0 Å². The maximum atomic E-state index is 12.1. The van der Waals surface area contributed by atoms with Crippen LogP contribution in [0.15, 0.2) is 0 Å². The van der Waals surface area contributed by atoms with Crippen molar-refractivity contribution >= 4 is 13.5 Å². The summed E-state index contributed by atoms with van der Waals surface area (Å²) in [4.78, 5) is 11.1. The molecule has 6 atom stereocenters. The van der Waals surface area contributed by atoms with Gasteiger partial charge in [0.15, 0.2) is 0 Å². The summed E-state index contributed by atoms with van der Waals surface area (Å²) in [5.41, 5.74) is 0. The number of aliphatic hydroxyl groups is 4. The molecule has 20 heavy (non-hydrogen) atoms. The van der Waals surface area contributed by atoms with Crippen molar-refractivity contribution in [2.45, 2.75) is 37.4 Å². The molecule has 0 aromatic rings. The lowest BCUT2D eigenvalue weighted by Gasteiger charge is -2.41. The monoisotopic (exact) mass is 313 g/mol. The largest absolute Gasteiger partial charge is 0.394 e. The van der Waals surface area contributed by atoms with E-state index in [1.165, 1.54) is 6.92 Å². The highest BCUT2D eigenvalue weighted by molar-refractivity contribution is 7.54. The van der Waals surface area contributed by atoms with Gasteiger partial charge >= 0.3 is 7.60 Å². The van der Waals surface area contributed by atoms with Gasteiger partial charge in [0.05, 0.1) is 24.9 Å². The van der Waals surface area contributed by atoms with Crippen molar-refractivity contribution in [3.8, 4) is 0 Å². The number of amides is 1. The van der Waals surface area contributed by atoms with E-state index in [0.29, 0.717) is 0 Å². The summed E-state index contributed by atoms with van der Waals surface area (Å²) in [6, 6.07) is -1.08. The van der Waals surface area contributed by atoms with Crippen LogP contribution in [0.4, 0.5) is 0 Å². The fourth-order valence-electron chi connectivity index (χ4n) is 1.99. The highest BCUT2D eigenvalue weighted by Crippen LogP contribution is 2.53. The zero-order chi connectivity index (χ0) is 15.5. The van der Waals surface area contributed by atoms with Crippen LogP contribution in [0.5, 0.6) is 0 Å². The number of rotatable bonds is 5. The van der Waals surface area contributed by atoms with Gasteiger partial charge in [-0.2, -0.15) is 0 Å². The van der Waals surface area contributed by atoms with Gasteiger partial charge in [0.2, 0.25) is 5.91 Å². The molecule has 10 heteroatoms. The average molecular weight is 313 g/mol. The second-order valence-corrected chi connectivity index (χ2v) is 6.74. The number of nitrogens with one attached hydrogen (secondary N) is 1. The first kappa shape index (κ1) is 17.5. The predicted molar refractivity (Wildman–Crippen MR) is 67.1 cm³/mol. The Labute approximate surface area is 116 Å². The molecule has 1 aliphatic heterocycles. The summed E-state index contributed by atoms with van der Waals surface area (Å²) in [7, 11) is -2.52. The van der Waals surface area contributed by atoms with Crippen molar-refractivity contribution in [3.05, 3.63) is 0 Å². The molecule has 1 rings (SSSR count). The summed E-state index contributed by atoms with van der Waals surface area (Å²) >= 11 is 0. The first-order valence-electron chi connectivity index (χ1n) is 5.99. The van der Waals surface area contributed by atoms with Gasteiger partial charge < -0.3 is 34.8 Å². The van der Waals surface area contributed by atoms with E-state index in [0.717, 1.165) is 7.11 Å². The molecule has 1 aliphatic rings. The van der Waals surface area contributed by atoms with Gasteiger partial charge in [0, 0.05) is 14.0 Å². The molecule has 0 spiro atoms. The number of carbonyl (C=O) groups excluding carboxylic acids is 1. The van der Waals surface area contributed by atoms with E-state index in [-0.39, 0.29) is 6.16 Å². The maximum Gasteiger partial charge on any atom is 0.333 e. The number of carbonyl (C=O) groups is 1. The van der Waals surface area contributed by atoms with Crippen molar-refractivity contribution in [1.82, 2.24) is 5.32 Å². The molecule has 118 valence electrons. The topological polar surface area (TPSA) is 146 Å². The minimum absolute atomic E-state index is 0.354. The Morgan fingerprint density at radius 3 is 2.60 bits per heavy atom. The lowest BCUT2D eigenvalue weighted by atomic mass is 9.97. The van der Waals surface area contributed by atoms with Gasteiger partial charge in [-0.15, -0.1) is 0 Å². The van der Waals surface area contributed by atoms with Gasteiger partial charge in [-0.3, -0.25) is 9.36 Å². The third-order valence-electron chi connectivity index (χ3n) is 3.03. The molecule has 0 radical (unpaired) electrons. The molecule has 5 N–H and O–H groups in total. The van der Waals surface area contributed by atoms with Crippen LogP contribution in [0.3, 0.4) is 0 Å². The van der Waals surface area contributed by atoms with Gasteiger partial charge in [-0.1, -0.05) is 0 Å². The Morgan fingerprint density at radius 2 is 2.15 bits per heavy atom. The summed E-state index contributed by atoms with van der Waals surface area (Å²) in [6.45, 7) is 0.435. The second-order valence-electron chi connectivity index (χ2n) is 4.58. The summed E-state index contributed by atoms with van der Waals surface area (Å²) in [6.07, 6.45) is -6.26. The molecule has 0 bridgehead atoms. The third kappa shape index (κ3) is 3.98. The van der Waals surface area contributed by atoms with Crippen LogP contribution in [0.2, 0.25) is 0 Å². The van der Waals surface area contributed by atoms with E-state index in [9.17, 15) is 24.7 Å². The third-order valence-corrected chi connectivity index (χ3v) is 4.97. The summed E-state index contributed by atoms with van der Waals surface area (Å²) < 4.78 is 21.9. The van der Waals surface area contributed by atoms with E-state index in [4.69, 9.17) is 14.2 Å². The molecule has 1 heterocycles. The Kier molecular flexibility index (Phi) is 6.08. The van der Waals surface area contributed by atoms with Crippen molar-refractivity contribution < 1.29 is 38.8 Å². The van der Waals surface area contributed by atoms with Crippen LogP contribution in [-0.2, 0) is 18.4 Å². The van der Waals surface area contributed by atoms with E-state index < -0.39 is 50.6 Å². The standard InChI is InChI=1S/C10H20NO8P/c1-5(13)11-8-7(15)4-20(17,18-2)19-10(8)9(16)6(14)3-12/h6-10,12,14-16H,3-4H2,1-2H3,(H,11,13)/t6-,7-,8+,9-,10+,20-/m0/s1. The van der Waals surface area contributed by atoms with Crippen molar-refractivity contribution in [2.24, 2.45) is 0 Å². The zero-order valence-corrected chi connectivity index (χ0v) is 12.1. The van der Waals surface area contributed by atoms with Crippen LogP contribution in [-0.4, -0.2) is 76.7 Å². The zero-order valence-electron chi connectivity index (χ0n) is 11.2. The fourth-order valence-corrected chi connectivity index (χ4v) is 3.62. The molecule has 1 fully saturated rings. The fraction of sp³-hybridized carbons (Fsp3) is 0.900. The van der Waals surface area contributed by atoms with E-state index in [1.807, 2.05) is 0 Å². The predicted octanol–water partition coefficient (Wildman–Crippen LogP) is -2.20. The minimum atomic E-state index is -3.65. The second kappa shape index (κ2) is 6.95. The van der Waals surface area contributed by atoms with Gasteiger partial charge in [0.25, 0.3) is 0 Å². The molecule has 0 aromatic carbocycles. The Balaban J connectivity index is 3.01. The number of aliphatic hydroxyl groups excluding tert-OH is 4. The maximum absolute atomic E-state index is 12.1. The van der Waals surface area contributed by atoms with Crippen LogP contribution < -0.4 is 5.32 Å². The smallest absolute Gasteiger partial charge is 0.333 e. The Morgan fingerprint density at radius 1 is 1.55 bits per heavy atom. The summed E-state index contributed by atoms with van der Waals surface area (Å²) in [5, 5.41) is 40.5. The average Bonchev–Trinajstić information content (AvgIpc) is 2.39. The molecular formula is C10H20NO8P. The quantitative estimate of drug-likeness (QED) is 0.360. The molecule has 0 aromatic heterocycles. The van der Waals surface area contributed by atoms with Crippen molar-refractivity contribution in [1.29, 1.82) is 0 Å². The first-order valence-corrected chi connectivity index (χ1v) is 7.72. The number of hydrogen-bond acceptors (Lipinski definition) is 8. The normalized spacial score (nSPS) is 37.2. The molecule has 0 aliphatic carbocycles. The molecule has 1 saturated heterocycles. The van der Waals surface area contributed by atoms with Crippen LogP contribution in [0.1, 0.15) is 6.92 Å². The Bertz CT molecular complexity index is 391. The molecule has 0 saturated carbocycles. The van der Waals surface area contributed by atoms with E-state index >= 15 is 0 Å². The lowest BCUT2D eigenvalue weighted by molar-refractivity contribution is -0.127. The Hall–Kier alpha value is -0.540. The molecular weight excluding hydrogens is 293 g/mol. The molecule has 0 unspecified atom stereocenters. The van der Waals surface area contributed by atoms with E-state index in [2.05, 4.69) is 5.32 Å². The molecule has 1 amide bonds. The first-order chi connectivity index (χ1) is 9.24. The SMILES string of the molecule is CO[P@@]1(=O)C[C@H](O)[C@@H](NC(C)=O)[C@H]([C@@H](O)[C@@H](O)CO)O1. The highest BCUT2D eigenvalue weighted by Gasteiger charge is 2.49. The highest BCUT2D eigenvalue weighted by atomic mass is 31.2. The van der Waals surface area contributed by atoms with Crippen molar-refractivity contribution in [3.63, 3.8) is 0 Å². The van der Waals surface area contributed by atoms with Gasteiger partial charge in [0.1, 0.15) is 18.3 Å². The van der Waals surface area contributed by atoms with Crippen LogP contribution in [0.25, 0.3) is 0 Å². The van der Waals surface area contributed by atoms with E-state index in [1.54, 1.807) is 0 Å².